The zero-order chi connectivity index (χ0) is 16.0. The van der Waals surface area contributed by atoms with Crippen molar-refractivity contribution in [1.29, 1.82) is 0 Å². The van der Waals surface area contributed by atoms with E-state index in [0.717, 1.165) is 0 Å². The Hall–Kier alpha value is -1.64. The summed E-state index contributed by atoms with van der Waals surface area (Å²) in [4.78, 5) is 11.2. The van der Waals surface area contributed by atoms with Gasteiger partial charge in [0.2, 0.25) is 15.9 Å². The average molecular weight is 315 g/mol. The minimum Gasteiger partial charge on any atom is -0.495 e. The van der Waals surface area contributed by atoms with Gasteiger partial charge in [0.25, 0.3) is 0 Å². The normalized spacial score (nSPS) is 12.8. The number of methoxy groups -OCH3 is 1. The third kappa shape index (κ3) is 4.69. The van der Waals surface area contributed by atoms with Crippen LogP contribution in [0, 0.1) is 0 Å². The molecule has 1 atom stereocenters. The maximum atomic E-state index is 12.3. The highest BCUT2D eigenvalue weighted by atomic mass is 32.2. The van der Waals surface area contributed by atoms with Crippen LogP contribution in [0.1, 0.15) is 20.3 Å². The quantitative estimate of drug-likeness (QED) is 0.685. The largest absolute Gasteiger partial charge is 0.495 e. The fourth-order valence-electron chi connectivity index (χ4n) is 1.73. The highest BCUT2D eigenvalue weighted by molar-refractivity contribution is 7.89. The van der Waals surface area contributed by atoms with Gasteiger partial charge in [-0.3, -0.25) is 4.79 Å². The molecule has 0 aliphatic carbocycles. The number of sulfonamides is 1. The third-order valence-corrected chi connectivity index (χ3v) is 4.41. The number of carbonyl (C=O) groups is 1. The van der Waals surface area contributed by atoms with Crippen molar-refractivity contribution >= 4 is 21.6 Å². The fraction of sp³-hybridized carbons (Fsp3) is 0.462. The molecule has 118 valence electrons. The van der Waals surface area contributed by atoms with Crippen LogP contribution >= 0.6 is 0 Å². The lowest BCUT2D eigenvalue weighted by atomic mass is 10.2. The van der Waals surface area contributed by atoms with Crippen LogP contribution < -0.4 is 20.5 Å². The number of benzene rings is 1. The molecule has 0 saturated carbocycles. The summed E-state index contributed by atoms with van der Waals surface area (Å²) < 4.78 is 32.2. The number of anilines is 1. The van der Waals surface area contributed by atoms with E-state index in [1.165, 1.54) is 32.2 Å². The Labute approximate surface area is 124 Å². The summed E-state index contributed by atoms with van der Waals surface area (Å²) in [6.07, 6.45) is 0.588. The smallest absolute Gasteiger partial charge is 0.240 e. The van der Waals surface area contributed by atoms with Gasteiger partial charge in [-0.2, -0.15) is 0 Å². The second kappa shape index (κ2) is 7.39. The Bertz CT molecular complexity index is 597. The van der Waals surface area contributed by atoms with Crippen molar-refractivity contribution in [3.8, 4) is 5.75 Å². The molecule has 0 spiro atoms. The molecule has 0 fully saturated rings. The number of carbonyl (C=O) groups excluding carboxylic acids is 1. The van der Waals surface area contributed by atoms with E-state index in [4.69, 9.17) is 10.5 Å². The van der Waals surface area contributed by atoms with Crippen LogP contribution in [-0.4, -0.2) is 34.0 Å². The molecule has 0 aromatic heterocycles. The first-order chi connectivity index (χ1) is 9.83. The predicted molar refractivity (Wildman–Crippen MR) is 80.8 cm³/mol. The van der Waals surface area contributed by atoms with Crippen LogP contribution in [0.15, 0.2) is 23.1 Å². The number of rotatable bonds is 7. The molecule has 7 nitrogen and oxygen atoms in total. The highest BCUT2D eigenvalue weighted by Gasteiger charge is 2.20. The van der Waals surface area contributed by atoms with E-state index in [1.54, 1.807) is 0 Å². The predicted octanol–water partition coefficient (Wildman–Crippen LogP) is 0.669. The van der Waals surface area contributed by atoms with Crippen molar-refractivity contribution in [2.75, 3.05) is 19.0 Å². The number of nitrogens with one attached hydrogen (secondary N) is 2. The Balaban J connectivity index is 3.15. The van der Waals surface area contributed by atoms with Crippen LogP contribution in [0.4, 0.5) is 5.69 Å². The van der Waals surface area contributed by atoms with E-state index in [1.807, 2.05) is 6.92 Å². The van der Waals surface area contributed by atoms with Gasteiger partial charge in [0.05, 0.1) is 17.7 Å². The molecule has 1 unspecified atom stereocenters. The lowest BCUT2D eigenvalue weighted by molar-refractivity contribution is -0.114. The van der Waals surface area contributed by atoms with E-state index < -0.39 is 10.0 Å². The fourth-order valence-corrected chi connectivity index (χ4v) is 3.09. The van der Waals surface area contributed by atoms with E-state index >= 15 is 0 Å². The molecule has 0 bridgehead atoms. The van der Waals surface area contributed by atoms with Gasteiger partial charge >= 0.3 is 0 Å². The number of ether oxygens (including phenoxy) is 1. The number of amides is 1. The van der Waals surface area contributed by atoms with Gasteiger partial charge in [-0.1, -0.05) is 6.92 Å². The minimum atomic E-state index is -3.70. The van der Waals surface area contributed by atoms with Gasteiger partial charge in [0.1, 0.15) is 5.75 Å². The van der Waals surface area contributed by atoms with Crippen molar-refractivity contribution in [2.24, 2.45) is 5.73 Å². The lowest BCUT2D eigenvalue weighted by Gasteiger charge is -2.16. The molecule has 1 aromatic carbocycles. The van der Waals surface area contributed by atoms with Crippen molar-refractivity contribution in [1.82, 2.24) is 4.72 Å². The van der Waals surface area contributed by atoms with Gasteiger partial charge in [0.15, 0.2) is 0 Å². The first-order valence-electron chi connectivity index (χ1n) is 6.52. The average Bonchev–Trinajstić information content (AvgIpc) is 2.44. The molecule has 1 amide bonds. The van der Waals surface area contributed by atoms with Gasteiger partial charge in [-0.15, -0.1) is 0 Å². The van der Waals surface area contributed by atoms with Gasteiger partial charge in [-0.25, -0.2) is 13.1 Å². The van der Waals surface area contributed by atoms with Gasteiger partial charge in [-0.05, 0) is 24.6 Å². The van der Waals surface area contributed by atoms with E-state index in [0.29, 0.717) is 17.9 Å². The Morgan fingerprint density at radius 2 is 2.10 bits per heavy atom. The molecule has 0 aliphatic heterocycles. The Kier molecular flexibility index (Phi) is 6.13. The molecule has 0 heterocycles. The number of hydrogen-bond acceptors (Lipinski definition) is 5. The molecular weight excluding hydrogens is 294 g/mol. The molecular formula is C13H21N3O4S. The first kappa shape index (κ1) is 17.4. The van der Waals surface area contributed by atoms with Crippen LogP contribution in [0.5, 0.6) is 5.75 Å². The topological polar surface area (TPSA) is 111 Å². The second-order valence-corrected chi connectivity index (χ2v) is 6.22. The van der Waals surface area contributed by atoms with E-state index in [-0.39, 0.29) is 23.4 Å². The van der Waals surface area contributed by atoms with Crippen LogP contribution in [-0.2, 0) is 14.8 Å². The summed E-state index contributed by atoms with van der Waals surface area (Å²) in [5.41, 5.74) is 5.81. The van der Waals surface area contributed by atoms with Crippen molar-refractivity contribution < 1.29 is 17.9 Å². The SMILES string of the molecule is CCC(CN)NS(=O)(=O)c1ccc(OC)c(NC(C)=O)c1. The Morgan fingerprint density at radius 3 is 2.57 bits per heavy atom. The van der Waals surface area contributed by atoms with Crippen molar-refractivity contribution in [2.45, 2.75) is 31.2 Å². The molecule has 1 rings (SSSR count). The van der Waals surface area contributed by atoms with Crippen LogP contribution in [0.3, 0.4) is 0 Å². The summed E-state index contributed by atoms with van der Waals surface area (Å²) in [5.74, 6) is 0.0687. The highest BCUT2D eigenvalue weighted by Crippen LogP contribution is 2.27. The first-order valence-corrected chi connectivity index (χ1v) is 8.00. The monoisotopic (exact) mass is 315 g/mol. The van der Waals surface area contributed by atoms with E-state index in [2.05, 4.69) is 10.0 Å². The summed E-state index contributed by atoms with van der Waals surface area (Å²) in [6.45, 7) is 3.39. The number of nitrogens with two attached hydrogens (primary N) is 1. The van der Waals surface area contributed by atoms with Crippen LogP contribution in [0.25, 0.3) is 0 Å². The maximum Gasteiger partial charge on any atom is 0.240 e. The second-order valence-electron chi connectivity index (χ2n) is 4.51. The molecule has 21 heavy (non-hydrogen) atoms. The zero-order valence-electron chi connectivity index (χ0n) is 12.3. The summed E-state index contributed by atoms with van der Waals surface area (Å²) in [6, 6.07) is 3.92. The molecule has 1 aromatic rings. The van der Waals surface area contributed by atoms with Crippen LogP contribution in [0.2, 0.25) is 0 Å². The van der Waals surface area contributed by atoms with Crippen molar-refractivity contribution in [3.05, 3.63) is 18.2 Å². The van der Waals surface area contributed by atoms with Gasteiger partial charge < -0.3 is 15.8 Å². The summed E-state index contributed by atoms with van der Waals surface area (Å²) in [7, 11) is -2.26. The van der Waals surface area contributed by atoms with E-state index in [9.17, 15) is 13.2 Å². The summed E-state index contributed by atoms with van der Waals surface area (Å²) >= 11 is 0. The summed E-state index contributed by atoms with van der Waals surface area (Å²) in [5, 5.41) is 2.54. The Morgan fingerprint density at radius 1 is 1.43 bits per heavy atom. The van der Waals surface area contributed by atoms with Crippen molar-refractivity contribution in [3.63, 3.8) is 0 Å². The molecule has 4 N–H and O–H groups in total. The molecule has 0 aliphatic rings. The zero-order valence-corrected chi connectivity index (χ0v) is 13.2. The lowest BCUT2D eigenvalue weighted by Crippen LogP contribution is -2.39. The number of hydrogen-bond donors (Lipinski definition) is 3. The molecule has 8 heteroatoms. The molecule has 0 radical (unpaired) electrons. The third-order valence-electron chi connectivity index (χ3n) is 2.89. The maximum absolute atomic E-state index is 12.3. The van der Waals surface area contributed by atoms with Gasteiger partial charge in [0, 0.05) is 19.5 Å². The standard InChI is InChI=1S/C13H21N3O4S/c1-4-10(8-14)16-21(18,19)11-5-6-13(20-3)12(7-11)15-9(2)17/h5-7,10,16H,4,8,14H2,1-3H3,(H,15,17). The molecule has 0 saturated heterocycles. The minimum absolute atomic E-state index is 0.0407.